The molecule has 1 aromatic carbocycles. The van der Waals surface area contributed by atoms with Crippen molar-refractivity contribution in [3.8, 4) is 12.3 Å². The topological polar surface area (TPSA) is 98.3 Å². The third-order valence-electron chi connectivity index (χ3n) is 2.79. The van der Waals surface area contributed by atoms with E-state index in [0.717, 1.165) is 18.9 Å². The summed E-state index contributed by atoms with van der Waals surface area (Å²) in [4.78, 5) is 20.3. The third-order valence-corrected chi connectivity index (χ3v) is 2.79. The zero-order valence-corrected chi connectivity index (χ0v) is 11.0. The monoisotopic (exact) mass is 277 g/mol. The second-order valence-corrected chi connectivity index (χ2v) is 4.22. The third kappa shape index (κ3) is 4.03. The molecule has 1 unspecified atom stereocenters. The molecule has 0 saturated carbocycles. The van der Waals surface area contributed by atoms with Crippen molar-refractivity contribution < 1.29 is 9.85 Å². The number of hydrogen-bond donors (Lipinski definition) is 1. The molecule has 0 aliphatic carbocycles. The molecule has 7 nitrogen and oxygen atoms in total. The quantitative estimate of drug-likeness (QED) is 0.468. The van der Waals surface area contributed by atoms with E-state index in [4.69, 9.17) is 6.42 Å². The summed E-state index contributed by atoms with van der Waals surface area (Å²) in [5, 5.41) is 24.6. The Balaban J connectivity index is 2.92. The Labute approximate surface area is 116 Å². The number of nitrogens with one attached hydrogen (secondary N) is 1. The average Bonchev–Trinajstić information content (AvgIpc) is 2.42. The van der Waals surface area contributed by atoms with Gasteiger partial charge in [0.2, 0.25) is 0 Å². The van der Waals surface area contributed by atoms with Crippen molar-refractivity contribution >= 4 is 11.4 Å². The van der Waals surface area contributed by atoms with E-state index in [1.54, 1.807) is 0 Å². The van der Waals surface area contributed by atoms with Gasteiger partial charge in [-0.25, -0.2) is 0 Å². The molecular weight excluding hydrogens is 262 g/mol. The van der Waals surface area contributed by atoms with Crippen LogP contribution >= 0.6 is 0 Å². The lowest BCUT2D eigenvalue weighted by Gasteiger charge is -2.11. The molecule has 0 spiro atoms. The van der Waals surface area contributed by atoms with Gasteiger partial charge in [-0.1, -0.05) is 19.3 Å². The molecule has 1 N–H and O–H groups in total. The maximum absolute atomic E-state index is 11.0. The fourth-order valence-electron chi connectivity index (χ4n) is 1.75. The van der Waals surface area contributed by atoms with Crippen LogP contribution in [0.5, 0.6) is 0 Å². The lowest BCUT2D eigenvalue weighted by atomic mass is 10.1. The van der Waals surface area contributed by atoms with Crippen molar-refractivity contribution in [3.63, 3.8) is 0 Å². The number of nitrogens with zero attached hydrogens (tertiary/aromatic N) is 2. The van der Waals surface area contributed by atoms with Gasteiger partial charge < -0.3 is 0 Å². The van der Waals surface area contributed by atoms with E-state index in [9.17, 15) is 20.2 Å². The van der Waals surface area contributed by atoms with E-state index >= 15 is 0 Å². The number of nitro groups is 2. The Morgan fingerprint density at radius 2 is 2.05 bits per heavy atom. The smallest absolute Gasteiger partial charge is 0.280 e. The van der Waals surface area contributed by atoms with Gasteiger partial charge in [0, 0.05) is 18.2 Å². The van der Waals surface area contributed by atoms with Gasteiger partial charge in [-0.05, 0) is 12.5 Å². The van der Waals surface area contributed by atoms with Gasteiger partial charge in [-0.3, -0.25) is 25.5 Å². The van der Waals surface area contributed by atoms with Crippen LogP contribution in [0, 0.1) is 32.6 Å². The highest BCUT2D eigenvalue weighted by Gasteiger charge is 2.19. The first-order valence-electron chi connectivity index (χ1n) is 6.10. The Kier molecular flexibility index (Phi) is 5.62. The summed E-state index contributed by atoms with van der Waals surface area (Å²) in [6.45, 7) is 2.18. The standard InChI is InChI=1S/C13H15N3O4/c1-3-5-11(4-2)14-9-10-6-7-12(15(17)18)8-13(10)16(19)20/h2,6-8,11,14H,3,5,9H2,1H3. The van der Waals surface area contributed by atoms with Crippen LogP contribution in [0.1, 0.15) is 25.3 Å². The molecule has 1 atom stereocenters. The Hall–Kier alpha value is -2.46. The van der Waals surface area contributed by atoms with E-state index in [1.165, 1.54) is 12.1 Å². The Morgan fingerprint density at radius 1 is 1.35 bits per heavy atom. The second kappa shape index (κ2) is 7.21. The molecule has 0 aromatic heterocycles. The van der Waals surface area contributed by atoms with Gasteiger partial charge >= 0.3 is 0 Å². The van der Waals surface area contributed by atoms with Crippen molar-refractivity contribution in [3.05, 3.63) is 44.0 Å². The van der Waals surface area contributed by atoms with Gasteiger partial charge in [-0.2, -0.15) is 0 Å². The number of terminal acetylenes is 1. The maximum atomic E-state index is 11.0. The Morgan fingerprint density at radius 3 is 2.55 bits per heavy atom. The van der Waals surface area contributed by atoms with Crippen molar-refractivity contribution in [1.29, 1.82) is 0 Å². The average molecular weight is 277 g/mol. The van der Waals surface area contributed by atoms with Gasteiger partial charge in [-0.15, -0.1) is 6.42 Å². The summed E-state index contributed by atoms with van der Waals surface area (Å²) in [5.74, 6) is 2.56. The van der Waals surface area contributed by atoms with Crippen molar-refractivity contribution in [1.82, 2.24) is 5.32 Å². The number of benzene rings is 1. The molecule has 1 aromatic rings. The molecule has 20 heavy (non-hydrogen) atoms. The van der Waals surface area contributed by atoms with Crippen molar-refractivity contribution in [2.45, 2.75) is 32.4 Å². The highest BCUT2D eigenvalue weighted by molar-refractivity contribution is 5.49. The van der Waals surface area contributed by atoms with Crippen LogP contribution in [0.15, 0.2) is 18.2 Å². The normalized spacial score (nSPS) is 11.6. The zero-order chi connectivity index (χ0) is 15.1. The van der Waals surface area contributed by atoms with Crippen LogP contribution in [0.2, 0.25) is 0 Å². The summed E-state index contributed by atoms with van der Waals surface area (Å²) in [6, 6.07) is 3.41. The predicted octanol–water partition coefficient (Wildman–Crippen LogP) is 2.39. The molecule has 106 valence electrons. The highest BCUT2D eigenvalue weighted by atomic mass is 16.6. The summed E-state index contributed by atoms with van der Waals surface area (Å²) in [6.07, 6.45) is 7.00. The minimum absolute atomic E-state index is 0.171. The van der Waals surface area contributed by atoms with Crippen LogP contribution in [0.4, 0.5) is 11.4 Å². The summed E-state index contributed by atoms with van der Waals surface area (Å²) >= 11 is 0. The molecule has 0 amide bonds. The van der Waals surface area contributed by atoms with E-state index in [2.05, 4.69) is 11.2 Å². The van der Waals surface area contributed by atoms with E-state index in [-0.39, 0.29) is 24.0 Å². The first kappa shape index (κ1) is 15.6. The SMILES string of the molecule is C#CC(CCC)NCc1ccc([N+](=O)[O-])cc1[N+](=O)[O-]. The molecule has 1 rings (SSSR count). The molecule has 0 radical (unpaired) electrons. The lowest BCUT2D eigenvalue weighted by Crippen LogP contribution is -2.27. The van der Waals surface area contributed by atoms with Crippen LogP contribution in [-0.2, 0) is 6.54 Å². The molecule has 0 bridgehead atoms. The molecule has 0 fully saturated rings. The fraction of sp³-hybridized carbons (Fsp3) is 0.385. The molecule has 0 saturated heterocycles. The molecular formula is C13H15N3O4. The van der Waals surface area contributed by atoms with Crippen LogP contribution in [-0.4, -0.2) is 15.9 Å². The second-order valence-electron chi connectivity index (χ2n) is 4.22. The number of nitro benzene ring substituents is 2. The molecule has 0 aliphatic rings. The fourth-order valence-corrected chi connectivity index (χ4v) is 1.75. The van der Waals surface area contributed by atoms with Crippen molar-refractivity contribution in [2.24, 2.45) is 0 Å². The maximum Gasteiger partial charge on any atom is 0.280 e. The van der Waals surface area contributed by atoms with Gasteiger partial charge in [0.1, 0.15) is 0 Å². The van der Waals surface area contributed by atoms with Gasteiger partial charge in [0.05, 0.1) is 22.0 Å². The van der Waals surface area contributed by atoms with Gasteiger partial charge in [0.15, 0.2) is 0 Å². The largest absolute Gasteiger partial charge is 0.299 e. The van der Waals surface area contributed by atoms with Crippen LogP contribution < -0.4 is 5.32 Å². The van der Waals surface area contributed by atoms with Crippen molar-refractivity contribution in [2.75, 3.05) is 0 Å². The number of rotatable bonds is 7. The van der Waals surface area contributed by atoms with Crippen LogP contribution in [0.3, 0.4) is 0 Å². The zero-order valence-electron chi connectivity index (χ0n) is 11.0. The minimum Gasteiger partial charge on any atom is -0.299 e. The summed E-state index contributed by atoms with van der Waals surface area (Å²) in [5.41, 5.74) is -0.210. The highest BCUT2D eigenvalue weighted by Crippen LogP contribution is 2.24. The number of non-ortho nitro benzene ring substituents is 1. The van der Waals surface area contributed by atoms with Crippen LogP contribution in [0.25, 0.3) is 0 Å². The molecule has 0 aliphatic heterocycles. The summed E-state index contributed by atoms with van der Waals surface area (Å²) < 4.78 is 0. The number of hydrogen-bond acceptors (Lipinski definition) is 5. The van der Waals surface area contributed by atoms with E-state index in [0.29, 0.717) is 5.56 Å². The molecule has 7 heteroatoms. The molecule has 0 heterocycles. The lowest BCUT2D eigenvalue weighted by molar-refractivity contribution is -0.394. The predicted molar refractivity (Wildman–Crippen MR) is 74.1 cm³/mol. The summed E-state index contributed by atoms with van der Waals surface area (Å²) in [7, 11) is 0. The van der Waals surface area contributed by atoms with E-state index in [1.807, 2.05) is 6.92 Å². The Bertz CT molecular complexity index is 551. The van der Waals surface area contributed by atoms with E-state index < -0.39 is 9.85 Å². The first-order valence-corrected chi connectivity index (χ1v) is 6.10. The first-order chi connectivity index (χ1) is 9.49. The minimum atomic E-state index is -0.661. The van der Waals surface area contributed by atoms with Gasteiger partial charge in [0.25, 0.3) is 11.4 Å².